The van der Waals surface area contributed by atoms with Crippen LogP contribution >= 0.6 is 0 Å². The quantitative estimate of drug-likeness (QED) is 0.674. The summed E-state index contributed by atoms with van der Waals surface area (Å²) in [4.78, 5) is 15.7. The average Bonchev–Trinajstić information content (AvgIpc) is 3.25. The van der Waals surface area contributed by atoms with Crippen LogP contribution in [0.1, 0.15) is 48.9 Å². The molecule has 2 aromatic carbocycles. The van der Waals surface area contributed by atoms with Gasteiger partial charge in [-0.15, -0.1) is 0 Å². The lowest BCUT2D eigenvalue weighted by Crippen LogP contribution is -2.41. The third-order valence-electron chi connectivity index (χ3n) is 6.55. The Bertz CT molecular complexity index is 996. The Kier molecular flexibility index (Phi) is 6.80. The number of methoxy groups -OCH3 is 2. The number of carbonyl (C=O) groups is 1. The molecule has 0 bridgehead atoms. The summed E-state index contributed by atoms with van der Waals surface area (Å²) in [6.45, 7) is 6.68. The lowest BCUT2D eigenvalue weighted by Gasteiger charge is -2.31. The van der Waals surface area contributed by atoms with Crippen molar-refractivity contribution in [1.29, 1.82) is 0 Å². The van der Waals surface area contributed by atoms with Gasteiger partial charge in [0.05, 0.1) is 32.5 Å². The maximum absolute atomic E-state index is 13.5. The lowest BCUT2D eigenvalue weighted by molar-refractivity contribution is -0.134. The number of carbonyl (C=O) groups excluding carboxylic acids is 1. The second kappa shape index (κ2) is 9.74. The molecule has 0 spiro atoms. The summed E-state index contributed by atoms with van der Waals surface area (Å²) < 4.78 is 11.0. The first kappa shape index (κ1) is 22.3. The average molecular weight is 436 g/mol. The van der Waals surface area contributed by atoms with Gasteiger partial charge < -0.3 is 9.47 Å². The van der Waals surface area contributed by atoms with E-state index in [1.807, 2.05) is 24.3 Å². The Hall–Kier alpha value is -2.86. The van der Waals surface area contributed by atoms with E-state index in [0.717, 1.165) is 54.4 Å². The molecule has 2 aliphatic heterocycles. The second-order valence-electron chi connectivity index (χ2n) is 8.94. The highest BCUT2D eigenvalue weighted by Crippen LogP contribution is 2.39. The van der Waals surface area contributed by atoms with Crippen LogP contribution < -0.4 is 9.47 Å². The van der Waals surface area contributed by atoms with Gasteiger partial charge in [-0.2, -0.15) is 5.10 Å². The van der Waals surface area contributed by atoms with Gasteiger partial charge in [-0.05, 0) is 56.5 Å². The number of hydrazone groups is 1. The number of nitrogens with zero attached hydrogens (tertiary/aromatic N) is 3. The standard InChI is InChI=1S/C26H33N3O3/c1-18-10-12-28(13-11-18)17-26(30)29-24(22-9-8-21(31-3)15-25(22)32-4)16-23(27-29)20-7-5-6-19(2)14-20/h5-9,14-15,18,24H,10-13,16-17H2,1-4H3/t24-/m1/s1. The summed E-state index contributed by atoms with van der Waals surface area (Å²) in [5.74, 6) is 2.20. The SMILES string of the molecule is COc1ccc([C@H]2CC(c3cccc(C)c3)=NN2C(=O)CN2CCC(C)CC2)c(OC)c1. The van der Waals surface area contributed by atoms with E-state index in [9.17, 15) is 4.79 Å². The highest BCUT2D eigenvalue weighted by molar-refractivity contribution is 6.03. The summed E-state index contributed by atoms with van der Waals surface area (Å²) in [6.07, 6.45) is 2.93. The normalized spacial score (nSPS) is 19.7. The van der Waals surface area contributed by atoms with Crippen molar-refractivity contribution in [2.75, 3.05) is 33.9 Å². The van der Waals surface area contributed by atoms with Crippen molar-refractivity contribution in [2.24, 2.45) is 11.0 Å². The minimum Gasteiger partial charge on any atom is -0.497 e. The third-order valence-corrected chi connectivity index (χ3v) is 6.55. The van der Waals surface area contributed by atoms with E-state index in [-0.39, 0.29) is 11.9 Å². The molecule has 6 nitrogen and oxygen atoms in total. The number of piperidine rings is 1. The molecule has 0 aromatic heterocycles. The molecule has 0 radical (unpaired) electrons. The Morgan fingerprint density at radius 2 is 1.88 bits per heavy atom. The van der Waals surface area contributed by atoms with Gasteiger partial charge in [0.2, 0.25) is 0 Å². The maximum atomic E-state index is 13.5. The van der Waals surface area contributed by atoms with E-state index in [0.29, 0.717) is 18.7 Å². The van der Waals surface area contributed by atoms with Crippen LogP contribution in [0.25, 0.3) is 0 Å². The molecular weight excluding hydrogens is 402 g/mol. The predicted octanol–water partition coefficient (Wildman–Crippen LogP) is 4.42. The van der Waals surface area contributed by atoms with Crippen LogP contribution in [0.3, 0.4) is 0 Å². The summed E-state index contributed by atoms with van der Waals surface area (Å²) >= 11 is 0. The zero-order chi connectivity index (χ0) is 22.7. The monoisotopic (exact) mass is 435 g/mol. The van der Waals surface area contributed by atoms with Crippen molar-refractivity contribution in [3.8, 4) is 11.5 Å². The summed E-state index contributed by atoms with van der Waals surface area (Å²) in [6, 6.07) is 13.9. The molecule has 0 unspecified atom stereocenters. The van der Waals surface area contributed by atoms with E-state index < -0.39 is 0 Å². The molecule has 32 heavy (non-hydrogen) atoms. The van der Waals surface area contributed by atoms with Gasteiger partial charge in [0, 0.05) is 18.1 Å². The Labute approximate surface area is 190 Å². The van der Waals surface area contributed by atoms with Crippen LogP contribution in [0.4, 0.5) is 0 Å². The molecular formula is C26H33N3O3. The van der Waals surface area contributed by atoms with Gasteiger partial charge in [0.25, 0.3) is 5.91 Å². The number of amides is 1. The van der Waals surface area contributed by atoms with Crippen molar-refractivity contribution in [3.63, 3.8) is 0 Å². The van der Waals surface area contributed by atoms with Gasteiger partial charge >= 0.3 is 0 Å². The summed E-state index contributed by atoms with van der Waals surface area (Å²) in [7, 11) is 3.29. The molecule has 170 valence electrons. The zero-order valence-corrected chi connectivity index (χ0v) is 19.5. The van der Waals surface area contributed by atoms with Gasteiger partial charge in [-0.25, -0.2) is 5.01 Å². The highest BCUT2D eigenvalue weighted by atomic mass is 16.5. The van der Waals surface area contributed by atoms with Gasteiger partial charge in [0.1, 0.15) is 11.5 Å². The summed E-state index contributed by atoms with van der Waals surface area (Å²) in [5.41, 5.74) is 4.11. The molecule has 1 saturated heterocycles. The highest BCUT2D eigenvalue weighted by Gasteiger charge is 2.35. The van der Waals surface area contributed by atoms with Crippen molar-refractivity contribution in [1.82, 2.24) is 9.91 Å². The largest absolute Gasteiger partial charge is 0.497 e. The van der Waals surface area contributed by atoms with E-state index in [4.69, 9.17) is 14.6 Å². The van der Waals surface area contributed by atoms with Crippen LogP contribution in [-0.4, -0.2) is 55.4 Å². The fourth-order valence-corrected chi connectivity index (χ4v) is 4.56. The van der Waals surface area contributed by atoms with Crippen LogP contribution in [0, 0.1) is 12.8 Å². The molecule has 0 N–H and O–H groups in total. The first-order chi connectivity index (χ1) is 15.5. The van der Waals surface area contributed by atoms with E-state index in [2.05, 4.69) is 36.9 Å². The molecule has 2 heterocycles. The lowest BCUT2D eigenvalue weighted by atomic mass is 9.96. The Morgan fingerprint density at radius 1 is 1.09 bits per heavy atom. The van der Waals surface area contributed by atoms with Crippen LogP contribution in [0.15, 0.2) is 47.6 Å². The smallest absolute Gasteiger partial charge is 0.257 e. The van der Waals surface area contributed by atoms with Crippen LogP contribution in [-0.2, 0) is 4.79 Å². The van der Waals surface area contributed by atoms with Crippen molar-refractivity contribution in [2.45, 2.75) is 39.2 Å². The number of hydrogen-bond acceptors (Lipinski definition) is 5. The van der Waals surface area contributed by atoms with Crippen LogP contribution in [0.2, 0.25) is 0 Å². The molecule has 2 aromatic rings. The maximum Gasteiger partial charge on any atom is 0.257 e. The molecule has 1 fully saturated rings. The van der Waals surface area contributed by atoms with Crippen LogP contribution in [0.5, 0.6) is 11.5 Å². The number of ether oxygens (including phenoxy) is 2. The first-order valence-corrected chi connectivity index (χ1v) is 11.4. The number of hydrogen-bond donors (Lipinski definition) is 0. The predicted molar refractivity (Wildman–Crippen MR) is 126 cm³/mol. The molecule has 6 heteroatoms. The van der Waals surface area contributed by atoms with Gasteiger partial charge in [-0.1, -0.05) is 36.8 Å². The molecule has 1 atom stereocenters. The van der Waals surface area contributed by atoms with Crippen molar-refractivity contribution in [3.05, 3.63) is 59.2 Å². The Morgan fingerprint density at radius 3 is 2.56 bits per heavy atom. The molecule has 0 aliphatic carbocycles. The molecule has 1 amide bonds. The van der Waals surface area contributed by atoms with Crippen molar-refractivity contribution < 1.29 is 14.3 Å². The fraction of sp³-hybridized carbons (Fsp3) is 0.462. The number of aryl methyl sites for hydroxylation is 1. The van der Waals surface area contributed by atoms with E-state index >= 15 is 0 Å². The fourth-order valence-electron chi connectivity index (χ4n) is 4.56. The van der Waals surface area contributed by atoms with Crippen molar-refractivity contribution >= 4 is 11.6 Å². The second-order valence-corrected chi connectivity index (χ2v) is 8.94. The van der Waals surface area contributed by atoms with E-state index in [1.165, 1.54) is 5.56 Å². The van der Waals surface area contributed by atoms with E-state index in [1.54, 1.807) is 19.2 Å². The number of rotatable bonds is 6. The minimum absolute atomic E-state index is 0.0325. The minimum atomic E-state index is -0.206. The molecule has 0 saturated carbocycles. The number of likely N-dealkylation sites (tertiary alicyclic amines) is 1. The summed E-state index contributed by atoms with van der Waals surface area (Å²) in [5, 5.41) is 6.52. The first-order valence-electron chi connectivity index (χ1n) is 11.4. The molecule has 4 rings (SSSR count). The molecule has 2 aliphatic rings. The zero-order valence-electron chi connectivity index (χ0n) is 19.5. The van der Waals surface area contributed by atoms with Gasteiger partial charge in [0.15, 0.2) is 0 Å². The Balaban J connectivity index is 1.64. The number of benzene rings is 2. The van der Waals surface area contributed by atoms with Gasteiger partial charge in [-0.3, -0.25) is 9.69 Å². The topological polar surface area (TPSA) is 54.4 Å². The third kappa shape index (κ3) is 4.80.